The second kappa shape index (κ2) is 5.69. The van der Waals surface area contributed by atoms with E-state index in [0.29, 0.717) is 11.6 Å². The molecular weight excluding hydrogens is 246 g/mol. The molecule has 6 nitrogen and oxygen atoms in total. The van der Waals surface area contributed by atoms with Crippen molar-refractivity contribution >= 4 is 17.4 Å². The zero-order chi connectivity index (χ0) is 13.8. The van der Waals surface area contributed by atoms with Gasteiger partial charge in [0.15, 0.2) is 0 Å². The van der Waals surface area contributed by atoms with Crippen LogP contribution >= 0.6 is 0 Å². The van der Waals surface area contributed by atoms with Gasteiger partial charge < -0.3 is 10.2 Å². The predicted molar refractivity (Wildman–Crippen MR) is 72.1 cm³/mol. The molecule has 6 heteroatoms. The van der Waals surface area contributed by atoms with Gasteiger partial charge in [0.05, 0.1) is 4.92 Å². The number of amides is 2. The Bertz CT molecular complexity index is 473. The fraction of sp³-hybridized carbons (Fsp3) is 0.462. The highest BCUT2D eigenvalue weighted by atomic mass is 16.6. The highest BCUT2D eigenvalue weighted by Gasteiger charge is 2.20. The first-order valence-electron chi connectivity index (χ1n) is 6.36. The molecule has 0 radical (unpaired) electrons. The molecule has 1 aromatic carbocycles. The fourth-order valence-corrected chi connectivity index (χ4v) is 2.24. The second-order valence-corrected chi connectivity index (χ2v) is 4.93. The Morgan fingerprint density at radius 1 is 1.42 bits per heavy atom. The quantitative estimate of drug-likeness (QED) is 0.658. The molecule has 1 aliphatic rings. The Labute approximate surface area is 111 Å². The van der Waals surface area contributed by atoms with Crippen molar-refractivity contribution < 1.29 is 9.72 Å². The minimum atomic E-state index is -0.460. The Hall–Kier alpha value is -2.11. The van der Waals surface area contributed by atoms with E-state index in [2.05, 4.69) is 12.2 Å². The van der Waals surface area contributed by atoms with Crippen LogP contribution in [0.2, 0.25) is 0 Å². The minimum Gasteiger partial charge on any atom is -0.324 e. The summed E-state index contributed by atoms with van der Waals surface area (Å²) < 4.78 is 0. The van der Waals surface area contributed by atoms with Crippen LogP contribution in [0, 0.1) is 16.0 Å². The number of likely N-dealkylation sites (tertiary alicyclic amines) is 1. The Balaban J connectivity index is 1.96. The molecule has 0 saturated carbocycles. The summed E-state index contributed by atoms with van der Waals surface area (Å²) in [7, 11) is 0. The molecule has 102 valence electrons. The number of hydrogen-bond acceptors (Lipinski definition) is 3. The summed E-state index contributed by atoms with van der Waals surface area (Å²) in [5.41, 5.74) is 0.596. The lowest BCUT2D eigenvalue weighted by atomic mass is 10.0. The van der Waals surface area contributed by atoms with E-state index in [4.69, 9.17) is 0 Å². The summed E-state index contributed by atoms with van der Waals surface area (Å²) in [6.07, 6.45) is 2.18. The lowest BCUT2D eigenvalue weighted by Gasteiger charge is -2.30. The number of carbonyl (C=O) groups is 1. The van der Waals surface area contributed by atoms with Crippen molar-refractivity contribution in [1.82, 2.24) is 4.90 Å². The van der Waals surface area contributed by atoms with Crippen molar-refractivity contribution in [2.45, 2.75) is 19.8 Å². The van der Waals surface area contributed by atoms with Gasteiger partial charge in [-0.15, -0.1) is 0 Å². The third-order valence-corrected chi connectivity index (χ3v) is 3.27. The molecule has 1 fully saturated rings. The van der Waals surface area contributed by atoms with Crippen LogP contribution < -0.4 is 5.32 Å². The number of nitrogens with one attached hydrogen (secondary N) is 1. The van der Waals surface area contributed by atoms with Crippen molar-refractivity contribution in [3.8, 4) is 0 Å². The van der Waals surface area contributed by atoms with E-state index in [1.54, 1.807) is 17.0 Å². The maximum atomic E-state index is 12.0. The molecule has 0 aliphatic carbocycles. The van der Waals surface area contributed by atoms with Gasteiger partial charge in [-0.2, -0.15) is 0 Å². The first kappa shape index (κ1) is 13.3. The van der Waals surface area contributed by atoms with Crippen molar-refractivity contribution in [1.29, 1.82) is 0 Å². The number of benzene rings is 1. The Morgan fingerprint density at radius 2 is 2.11 bits per heavy atom. The molecule has 19 heavy (non-hydrogen) atoms. The van der Waals surface area contributed by atoms with Crippen LogP contribution in [0.25, 0.3) is 0 Å². The van der Waals surface area contributed by atoms with Gasteiger partial charge in [0.2, 0.25) is 0 Å². The van der Waals surface area contributed by atoms with E-state index in [-0.39, 0.29) is 11.7 Å². The van der Waals surface area contributed by atoms with E-state index < -0.39 is 4.92 Å². The third kappa shape index (κ3) is 3.43. The lowest BCUT2D eigenvalue weighted by molar-refractivity contribution is -0.384. The first-order chi connectivity index (χ1) is 9.06. The molecule has 1 aromatic rings. The Morgan fingerprint density at radius 3 is 2.68 bits per heavy atom. The van der Waals surface area contributed by atoms with Crippen molar-refractivity contribution in [3.63, 3.8) is 0 Å². The van der Waals surface area contributed by atoms with E-state index in [9.17, 15) is 14.9 Å². The van der Waals surface area contributed by atoms with E-state index in [1.807, 2.05) is 0 Å². The smallest absolute Gasteiger partial charge is 0.321 e. The van der Waals surface area contributed by atoms with Crippen molar-refractivity contribution in [2.24, 2.45) is 5.92 Å². The number of nitrogens with zero attached hydrogens (tertiary/aromatic N) is 2. The third-order valence-electron chi connectivity index (χ3n) is 3.27. The zero-order valence-corrected chi connectivity index (χ0v) is 10.8. The van der Waals surface area contributed by atoms with Crippen LogP contribution in [-0.4, -0.2) is 28.9 Å². The van der Waals surface area contributed by atoms with Crippen LogP contribution in [0.15, 0.2) is 24.3 Å². The van der Waals surface area contributed by atoms with Gasteiger partial charge in [0.25, 0.3) is 5.69 Å². The maximum absolute atomic E-state index is 12.0. The fourth-order valence-electron chi connectivity index (χ4n) is 2.24. The highest BCUT2D eigenvalue weighted by Crippen LogP contribution is 2.18. The molecule has 1 aliphatic heterocycles. The van der Waals surface area contributed by atoms with Crippen molar-refractivity contribution in [2.75, 3.05) is 18.4 Å². The average molecular weight is 263 g/mol. The lowest BCUT2D eigenvalue weighted by Crippen LogP contribution is -2.41. The summed E-state index contributed by atoms with van der Waals surface area (Å²) in [5.74, 6) is 0.524. The van der Waals surface area contributed by atoms with Gasteiger partial charge in [-0.3, -0.25) is 10.1 Å². The molecule has 2 amide bonds. The molecule has 1 atom stereocenters. The number of hydrogen-bond donors (Lipinski definition) is 1. The summed E-state index contributed by atoms with van der Waals surface area (Å²) in [4.78, 5) is 23.9. The van der Waals surface area contributed by atoms with Gasteiger partial charge in [-0.25, -0.2) is 4.79 Å². The SMILES string of the molecule is C[C@H]1CCCN(C(=O)Nc2ccc([N+](=O)[O-])cc2)C1. The molecule has 0 unspecified atom stereocenters. The van der Waals surface area contributed by atoms with Crippen LogP contribution in [-0.2, 0) is 0 Å². The average Bonchev–Trinajstić information content (AvgIpc) is 2.39. The number of urea groups is 1. The number of nitro groups is 1. The normalized spacial score (nSPS) is 19.0. The second-order valence-electron chi connectivity index (χ2n) is 4.93. The van der Waals surface area contributed by atoms with Crippen molar-refractivity contribution in [3.05, 3.63) is 34.4 Å². The topological polar surface area (TPSA) is 75.5 Å². The monoisotopic (exact) mass is 263 g/mol. The van der Waals surface area contributed by atoms with Crippen LogP contribution in [0.4, 0.5) is 16.2 Å². The number of carbonyl (C=O) groups excluding carboxylic acids is 1. The molecule has 1 heterocycles. The highest BCUT2D eigenvalue weighted by molar-refractivity contribution is 5.89. The maximum Gasteiger partial charge on any atom is 0.321 e. The molecular formula is C13H17N3O3. The van der Waals surface area contributed by atoms with Crippen LogP contribution in [0.3, 0.4) is 0 Å². The summed E-state index contributed by atoms with van der Waals surface area (Å²) in [6, 6.07) is 5.72. The van der Waals surface area contributed by atoms with Crippen LogP contribution in [0.5, 0.6) is 0 Å². The van der Waals surface area contributed by atoms with E-state index in [0.717, 1.165) is 25.9 Å². The van der Waals surface area contributed by atoms with Gasteiger partial charge in [0.1, 0.15) is 0 Å². The van der Waals surface area contributed by atoms with E-state index >= 15 is 0 Å². The number of nitro benzene ring substituents is 1. The molecule has 1 saturated heterocycles. The van der Waals surface area contributed by atoms with Gasteiger partial charge in [-0.1, -0.05) is 6.92 Å². The molecule has 1 N–H and O–H groups in total. The minimum absolute atomic E-state index is 0.0181. The van der Waals surface area contributed by atoms with Crippen LogP contribution in [0.1, 0.15) is 19.8 Å². The predicted octanol–water partition coefficient (Wildman–Crippen LogP) is 2.86. The molecule has 0 bridgehead atoms. The van der Waals surface area contributed by atoms with E-state index in [1.165, 1.54) is 12.1 Å². The zero-order valence-electron chi connectivity index (χ0n) is 10.8. The Kier molecular flexibility index (Phi) is 3.99. The molecule has 2 rings (SSSR count). The largest absolute Gasteiger partial charge is 0.324 e. The summed E-state index contributed by atoms with van der Waals surface area (Å²) in [6.45, 7) is 3.66. The number of non-ortho nitro benzene ring substituents is 1. The molecule has 0 aromatic heterocycles. The molecule has 0 spiro atoms. The number of piperidine rings is 1. The number of rotatable bonds is 2. The summed E-state index contributed by atoms with van der Waals surface area (Å²) in [5, 5.41) is 13.3. The van der Waals surface area contributed by atoms with Gasteiger partial charge >= 0.3 is 6.03 Å². The van der Waals surface area contributed by atoms with Gasteiger partial charge in [0, 0.05) is 30.9 Å². The summed E-state index contributed by atoms with van der Waals surface area (Å²) >= 11 is 0. The standard InChI is InChI=1S/C13H17N3O3/c1-10-3-2-8-15(9-10)13(17)14-11-4-6-12(7-5-11)16(18)19/h4-7,10H,2-3,8-9H2,1H3,(H,14,17)/t10-/m0/s1. The van der Waals surface area contributed by atoms with Gasteiger partial charge in [-0.05, 0) is 30.9 Å². The first-order valence-corrected chi connectivity index (χ1v) is 6.36. The number of anilines is 1.